The van der Waals surface area contributed by atoms with Gasteiger partial charge in [0.1, 0.15) is 9.84 Å². The summed E-state index contributed by atoms with van der Waals surface area (Å²) in [6.45, 7) is 2.91. The predicted octanol–water partition coefficient (Wildman–Crippen LogP) is 2.71. The molecular formula is C16H22N2O2S. The zero-order chi connectivity index (χ0) is 15.3. The second-order valence-electron chi connectivity index (χ2n) is 5.30. The second kappa shape index (κ2) is 7.00. The minimum Gasteiger partial charge on any atom is -0.310 e. The van der Waals surface area contributed by atoms with E-state index < -0.39 is 9.84 Å². The van der Waals surface area contributed by atoms with Crippen molar-refractivity contribution in [3.05, 3.63) is 42.1 Å². The monoisotopic (exact) mass is 306 g/mol. The number of nitrogens with zero attached hydrogens (tertiary/aromatic N) is 1. The highest BCUT2D eigenvalue weighted by atomic mass is 32.2. The van der Waals surface area contributed by atoms with Crippen LogP contribution in [0.4, 0.5) is 0 Å². The zero-order valence-electron chi connectivity index (χ0n) is 12.5. The lowest BCUT2D eigenvalue weighted by Gasteiger charge is -2.19. The summed E-state index contributed by atoms with van der Waals surface area (Å²) in [6, 6.07) is 10.2. The van der Waals surface area contributed by atoms with Crippen LogP contribution in [0.2, 0.25) is 0 Å². The number of benzene rings is 1. The van der Waals surface area contributed by atoms with E-state index in [1.807, 2.05) is 30.5 Å². The maximum atomic E-state index is 11.3. The third-order valence-corrected chi connectivity index (χ3v) is 4.55. The molecule has 0 radical (unpaired) electrons. The minimum absolute atomic E-state index is 0.157. The second-order valence-corrected chi connectivity index (χ2v) is 7.56. The lowest BCUT2D eigenvalue weighted by molar-refractivity contribution is 0.509. The van der Waals surface area contributed by atoms with Crippen LogP contribution in [-0.2, 0) is 9.84 Å². The lowest BCUT2D eigenvalue weighted by atomic mass is 9.98. The van der Waals surface area contributed by atoms with Crippen LogP contribution in [0, 0.1) is 0 Å². The molecule has 1 heterocycles. The van der Waals surface area contributed by atoms with Gasteiger partial charge in [-0.15, -0.1) is 0 Å². The first-order chi connectivity index (χ1) is 10.0. The van der Waals surface area contributed by atoms with E-state index >= 15 is 0 Å². The van der Waals surface area contributed by atoms with E-state index in [0.29, 0.717) is 6.42 Å². The maximum absolute atomic E-state index is 11.3. The summed E-state index contributed by atoms with van der Waals surface area (Å²) in [5.41, 5.74) is 2.16. The van der Waals surface area contributed by atoms with E-state index in [1.165, 1.54) is 11.8 Å². The third-order valence-electron chi connectivity index (χ3n) is 3.52. The molecule has 0 amide bonds. The van der Waals surface area contributed by atoms with Gasteiger partial charge in [-0.25, -0.2) is 8.42 Å². The van der Waals surface area contributed by atoms with Gasteiger partial charge in [-0.3, -0.25) is 4.98 Å². The lowest BCUT2D eigenvalue weighted by Crippen LogP contribution is -2.22. The molecule has 0 spiro atoms. The van der Waals surface area contributed by atoms with Crippen LogP contribution in [0.3, 0.4) is 0 Å². The topological polar surface area (TPSA) is 59.1 Å². The van der Waals surface area contributed by atoms with Gasteiger partial charge in [0.15, 0.2) is 0 Å². The summed E-state index contributed by atoms with van der Waals surface area (Å²) in [4.78, 5) is 4.38. The van der Waals surface area contributed by atoms with Gasteiger partial charge >= 0.3 is 0 Å². The molecule has 21 heavy (non-hydrogen) atoms. The van der Waals surface area contributed by atoms with E-state index in [4.69, 9.17) is 0 Å². The Kier molecular flexibility index (Phi) is 5.31. The summed E-state index contributed by atoms with van der Waals surface area (Å²) in [7, 11) is -2.90. The molecule has 0 saturated carbocycles. The molecule has 1 aromatic carbocycles. The highest BCUT2D eigenvalue weighted by Crippen LogP contribution is 2.26. The Hall–Kier alpha value is -1.46. The van der Waals surface area contributed by atoms with Gasteiger partial charge in [-0.1, -0.05) is 25.1 Å². The first-order valence-corrected chi connectivity index (χ1v) is 9.32. The van der Waals surface area contributed by atoms with Gasteiger partial charge < -0.3 is 5.32 Å². The van der Waals surface area contributed by atoms with Crippen molar-refractivity contribution in [2.75, 3.05) is 18.6 Å². The quantitative estimate of drug-likeness (QED) is 0.854. The largest absolute Gasteiger partial charge is 0.310 e. The van der Waals surface area contributed by atoms with Crippen LogP contribution in [-0.4, -0.2) is 32.0 Å². The van der Waals surface area contributed by atoms with Crippen molar-refractivity contribution in [2.45, 2.75) is 25.8 Å². The molecule has 114 valence electrons. The fourth-order valence-corrected chi connectivity index (χ4v) is 3.28. The van der Waals surface area contributed by atoms with Crippen molar-refractivity contribution in [1.82, 2.24) is 10.3 Å². The van der Waals surface area contributed by atoms with E-state index in [9.17, 15) is 8.42 Å². The Morgan fingerprint density at radius 3 is 2.71 bits per heavy atom. The minimum atomic E-state index is -2.90. The molecule has 0 saturated heterocycles. The van der Waals surface area contributed by atoms with Gasteiger partial charge in [-0.2, -0.15) is 0 Å². The molecule has 1 atom stereocenters. The normalized spacial score (nSPS) is 13.4. The summed E-state index contributed by atoms with van der Waals surface area (Å²) in [5.74, 6) is 0.234. The van der Waals surface area contributed by atoms with Crippen LogP contribution >= 0.6 is 0 Å². The van der Waals surface area contributed by atoms with Gasteiger partial charge in [-0.05, 0) is 37.1 Å². The number of nitrogens with one attached hydrogen (secondary N) is 1. The van der Waals surface area contributed by atoms with Crippen molar-refractivity contribution in [3.63, 3.8) is 0 Å². The number of rotatable bonds is 7. The third kappa shape index (κ3) is 4.51. The molecule has 4 nitrogen and oxygen atoms in total. The van der Waals surface area contributed by atoms with Gasteiger partial charge in [0.05, 0.1) is 5.52 Å². The van der Waals surface area contributed by atoms with Gasteiger partial charge in [0.2, 0.25) is 0 Å². The molecule has 2 rings (SSSR count). The summed E-state index contributed by atoms with van der Waals surface area (Å²) in [5, 5.41) is 4.58. The summed E-state index contributed by atoms with van der Waals surface area (Å²) in [6.07, 6.45) is 4.57. The maximum Gasteiger partial charge on any atom is 0.147 e. The summed E-state index contributed by atoms with van der Waals surface area (Å²) < 4.78 is 22.6. The zero-order valence-corrected chi connectivity index (χ0v) is 13.4. The number of para-hydroxylation sites is 1. The van der Waals surface area contributed by atoms with E-state index in [1.54, 1.807) is 0 Å². The van der Waals surface area contributed by atoms with Crippen LogP contribution < -0.4 is 5.32 Å². The molecule has 0 bridgehead atoms. The van der Waals surface area contributed by atoms with Crippen molar-refractivity contribution >= 4 is 20.7 Å². The smallest absolute Gasteiger partial charge is 0.147 e. The SMILES string of the molecule is CCNC(CCCS(C)(=O)=O)c1ccnc2ccccc12. The van der Waals surface area contributed by atoms with Crippen molar-refractivity contribution in [3.8, 4) is 0 Å². The fourth-order valence-electron chi connectivity index (χ4n) is 2.59. The molecule has 5 heteroatoms. The van der Waals surface area contributed by atoms with E-state index in [0.717, 1.165) is 23.9 Å². The number of fused-ring (bicyclic) bond motifs is 1. The van der Waals surface area contributed by atoms with Crippen LogP contribution in [0.1, 0.15) is 31.4 Å². The molecular weight excluding hydrogens is 284 g/mol. The van der Waals surface area contributed by atoms with E-state index in [2.05, 4.69) is 23.3 Å². The Morgan fingerprint density at radius 1 is 1.24 bits per heavy atom. The molecule has 0 aliphatic rings. The van der Waals surface area contributed by atoms with Crippen molar-refractivity contribution in [1.29, 1.82) is 0 Å². The Bertz CT molecular complexity index is 693. The number of hydrogen-bond donors (Lipinski definition) is 1. The highest BCUT2D eigenvalue weighted by molar-refractivity contribution is 7.90. The molecule has 0 fully saturated rings. The fraction of sp³-hybridized carbons (Fsp3) is 0.438. The van der Waals surface area contributed by atoms with Crippen LogP contribution in [0.5, 0.6) is 0 Å². The Balaban J connectivity index is 2.23. The molecule has 0 aliphatic heterocycles. The Morgan fingerprint density at radius 2 is 2.00 bits per heavy atom. The molecule has 2 aromatic rings. The molecule has 1 N–H and O–H groups in total. The number of aromatic nitrogens is 1. The highest BCUT2D eigenvalue weighted by Gasteiger charge is 2.14. The van der Waals surface area contributed by atoms with Crippen molar-refractivity contribution < 1.29 is 8.42 Å². The number of sulfone groups is 1. The number of hydrogen-bond acceptors (Lipinski definition) is 4. The van der Waals surface area contributed by atoms with Crippen LogP contribution in [0.15, 0.2) is 36.5 Å². The van der Waals surface area contributed by atoms with Gasteiger partial charge in [0.25, 0.3) is 0 Å². The van der Waals surface area contributed by atoms with E-state index in [-0.39, 0.29) is 11.8 Å². The van der Waals surface area contributed by atoms with Crippen LogP contribution in [0.25, 0.3) is 10.9 Å². The predicted molar refractivity (Wildman–Crippen MR) is 87.1 cm³/mol. The number of pyridine rings is 1. The first-order valence-electron chi connectivity index (χ1n) is 7.26. The standard InChI is InChI=1S/C16H22N2O2S/c1-3-17-15(9-6-12-21(2,19)20)14-10-11-18-16-8-5-4-7-13(14)16/h4-5,7-8,10-11,15,17H,3,6,9,12H2,1-2H3. The molecule has 1 unspecified atom stereocenters. The molecule has 1 aromatic heterocycles. The average molecular weight is 306 g/mol. The molecule has 0 aliphatic carbocycles. The summed E-state index contributed by atoms with van der Waals surface area (Å²) >= 11 is 0. The van der Waals surface area contributed by atoms with Gasteiger partial charge in [0, 0.05) is 29.6 Å². The van der Waals surface area contributed by atoms with Crippen molar-refractivity contribution in [2.24, 2.45) is 0 Å². The first kappa shape index (κ1) is 15.9. The Labute approximate surface area is 126 Å². The average Bonchev–Trinajstić information content (AvgIpc) is 2.44.